The normalized spacial score (nSPS) is 15.6. The summed E-state index contributed by atoms with van der Waals surface area (Å²) in [5.41, 5.74) is 3.12. The van der Waals surface area contributed by atoms with Crippen molar-refractivity contribution in [3.8, 4) is 0 Å². The van der Waals surface area contributed by atoms with Gasteiger partial charge in [-0.1, -0.05) is 26.0 Å². The van der Waals surface area contributed by atoms with Gasteiger partial charge in [0.05, 0.1) is 0 Å². The van der Waals surface area contributed by atoms with Gasteiger partial charge in [-0.05, 0) is 56.7 Å². The van der Waals surface area contributed by atoms with Gasteiger partial charge in [0.15, 0.2) is 0 Å². The van der Waals surface area contributed by atoms with Gasteiger partial charge in [0, 0.05) is 30.6 Å². The zero-order valence-corrected chi connectivity index (χ0v) is 15.4. The summed E-state index contributed by atoms with van der Waals surface area (Å²) in [5.74, 6) is 0.465. The van der Waals surface area contributed by atoms with Crippen molar-refractivity contribution in [3.05, 3.63) is 29.3 Å². The molecule has 24 heavy (non-hydrogen) atoms. The topological polar surface area (TPSA) is 49.4 Å². The number of rotatable bonds is 5. The first-order valence-electron chi connectivity index (χ1n) is 9.13. The molecule has 0 atom stereocenters. The Morgan fingerprint density at radius 3 is 2.38 bits per heavy atom. The highest BCUT2D eigenvalue weighted by Crippen LogP contribution is 2.23. The molecule has 1 saturated heterocycles. The number of likely N-dealkylation sites (tertiary alicyclic amines) is 1. The predicted molar refractivity (Wildman–Crippen MR) is 97.9 cm³/mol. The summed E-state index contributed by atoms with van der Waals surface area (Å²) < 4.78 is 0. The van der Waals surface area contributed by atoms with E-state index in [-0.39, 0.29) is 23.7 Å². The van der Waals surface area contributed by atoms with Crippen molar-refractivity contribution < 1.29 is 9.59 Å². The van der Waals surface area contributed by atoms with Gasteiger partial charge in [0.2, 0.25) is 11.8 Å². The molecule has 4 heteroatoms. The fraction of sp³-hybridized carbons (Fsp3) is 0.600. The van der Waals surface area contributed by atoms with Gasteiger partial charge in [-0.15, -0.1) is 0 Å². The minimum atomic E-state index is -0.00401. The summed E-state index contributed by atoms with van der Waals surface area (Å²) >= 11 is 0. The quantitative estimate of drug-likeness (QED) is 0.889. The van der Waals surface area contributed by atoms with E-state index in [4.69, 9.17) is 0 Å². The van der Waals surface area contributed by atoms with E-state index in [9.17, 15) is 9.59 Å². The number of nitrogens with zero attached hydrogens (tertiary/aromatic N) is 1. The average molecular weight is 330 g/mol. The van der Waals surface area contributed by atoms with Crippen LogP contribution in [0.1, 0.15) is 50.7 Å². The van der Waals surface area contributed by atoms with Crippen LogP contribution in [0.2, 0.25) is 0 Å². The first kappa shape index (κ1) is 18.5. The van der Waals surface area contributed by atoms with Gasteiger partial charge < -0.3 is 10.2 Å². The fourth-order valence-electron chi connectivity index (χ4n) is 3.36. The Morgan fingerprint density at radius 1 is 1.17 bits per heavy atom. The van der Waals surface area contributed by atoms with Crippen LogP contribution in [0.4, 0.5) is 5.69 Å². The van der Waals surface area contributed by atoms with E-state index in [1.165, 1.54) is 0 Å². The van der Waals surface area contributed by atoms with E-state index in [1.807, 2.05) is 36.9 Å². The number of carbonyl (C=O) groups excluding carboxylic acids is 2. The van der Waals surface area contributed by atoms with Crippen LogP contribution in [0.15, 0.2) is 18.2 Å². The molecule has 1 aliphatic rings. The maximum Gasteiger partial charge on any atom is 0.227 e. The molecular weight excluding hydrogens is 300 g/mol. The third-order valence-electron chi connectivity index (χ3n) is 5.16. The number of benzene rings is 1. The molecule has 0 bridgehead atoms. The van der Waals surface area contributed by atoms with Crippen molar-refractivity contribution in [1.29, 1.82) is 0 Å². The van der Waals surface area contributed by atoms with Crippen LogP contribution >= 0.6 is 0 Å². The van der Waals surface area contributed by atoms with Crippen molar-refractivity contribution in [2.45, 2.75) is 53.4 Å². The first-order valence-corrected chi connectivity index (χ1v) is 9.13. The molecule has 1 aromatic rings. The average Bonchev–Trinajstić information content (AvgIpc) is 2.59. The molecular formula is C20H30N2O2. The van der Waals surface area contributed by atoms with E-state index in [2.05, 4.69) is 19.2 Å². The highest BCUT2D eigenvalue weighted by atomic mass is 16.2. The first-order chi connectivity index (χ1) is 11.5. The maximum absolute atomic E-state index is 12.5. The number of anilines is 1. The van der Waals surface area contributed by atoms with E-state index >= 15 is 0 Å². The molecule has 0 radical (unpaired) electrons. The molecule has 1 heterocycles. The molecule has 2 rings (SSSR count). The summed E-state index contributed by atoms with van der Waals surface area (Å²) in [6, 6.07) is 6.09. The van der Waals surface area contributed by atoms with E-state index in [1.54, 1.807) is 0 Å². The maximum atomic E-state index is 12.5. The van der Waals surface area contributed by atoms with Crippen molar-refractivity contribution >= 4 is 17.5 Å². The van der Waals surface area contributed by atoms with Crippen LogP contribution in [-0.4, -0.2) is 29.8 Å². The number of aryl methyl sites for hydroxylation is 2. The van der Waals surface area contributed by atoms with Crippen molar-refractivity contribution in [1.82, 2.24) is 4.90 Å². The summed E-state index contributed by atoms with van der Waals surface area (Å²) in [4.78, 5) is 26.9. The predicted octanol–water partition coefficient (Wildman–Crippen LogP) is 3.92. The van der Waals surface area contributed by atoms with Crippen LogP contribution in [0, 0.1) is 25.7 Å². The molecule has 1 aromatic carbocycles. The van der Waals surface area contributed by atoms with Crippen LogP contribution in [-0.2, 0) is 9.59 Å². The molecule has 1 aliphatic heterocycles. The summed E-state index contributed by atoms with van der Waals surface area (Å²) in [6.07, 6.45) is 3.29. The molecule has 0 spiro atoms. The summed E-state index contributed by atoms with van der Waals surface area (Å²) in [6.45, 7) is 9.55. The molecule has 0 saturated carbocycles. The number of hydrogen-bond donors (Lipinski definition) is 1. The Labute approximate surface area is 145 Å². The van der Waals surface area contributed by atoms with Gasteiger partial charge in [-0.2, -0.15) is 0 Å². The molecule has 0 aromatic heterocycles. The zero-order valence-electron chi connectivity index (χ0n) is 15.4. The van der Waals surface area contributed by atoms with Gasteiger partial charge in [-0.3, -0.25) is 9.59 Å². The lowest BCUT2D eigenvalue weighted by Crippen LogP contribution is -2.43. The molecule has 4 nitrogen and oxygen atoms in total. The molecule has 132 valence electrons. The smallest absolute Gasteiger partial charge is 0.227 e. The Kier molecular flexibility index (Phi) is 6.41. The van der Waals surface area contributed by atoms with E-state index in [0.29, 0.717) is 13.1 Å². The minimum absolute atomic E-state index is 0.00401. The van der Waals surface area contributed by atoms with Crippen LogP contribution < -0.4 is 5.32 Å². The molecule has 1 fully saturated rings. The lowest BCUT2D eigenvalue weighted by molar-refractivity contribution is -0.138. The van der Waals surface area contributed by atoms with Crippen LogP contribution in [0.25, 0.3) is 0 Å². The molecule has 0 aliphatic carbocycles. The lowest BCUT2D eigenvalue weighted by Gasteiger charge is -2.33. The SMILES string of the molecule is CCC(CC)C(=O)N1CCC(C(=O)Nc2cc(C)ccc2C)CC1. The van der Waals surface area contributed by atoms with Crippen molar-refractivity contribution in [2.24, 2.45) is 11.8 Å². The standard InChI is InChI=1S/C20H30N2O2/c1-5-16(6-2)20(24)22-11-9-17(10-12-22)19(23)21-18-13-14(3)7-8-15(18)4/h7-8,13,16-17H,5-6,9-12H2,1-4H3,(H,21,23). The second kappa shape index (κ2) is 8.32. The minimum Gasteiger partial charge on any atom is -0.342 e. The van der Waals surface area contributed by atoms with Gasteiger partial charge in [0.25, 0.3) is 0 Å². The van der Waals surface area contributed by atoms with Gasteiger partial charge in [-0.25, -0.2) is 0 Å². The monoisotopic (exact) mass is 330 g/mol. The largest absolute Gasteiger partial charge is 0.342 e. The Balaban J connectivity index is 1.91. The van der Waals surface area contributed by atoms with Crippen LogP contribution in [0.3, 0.4) is 0 Å². The summed E-state index contributed by atoms with van der Waals surface area (Å²) in [5, 5.41) is 3.07. The van der Waals surface area contributed by atoms with Gasteiger partial charge in [0.1, 0.15) is 0 Å². The van der Waals surface area contributed by atoms with Crippen molar-refractivity contribution in [2.75, 3.05) is 18.4 Å². The zero-order chi connectivity index (χ0) is 17.7. The highest BCUT2D eigenvalue weighted by Gasteiger charge is 2.29. The molecule has 1 N–H and O–H groups in total. The van der Waals surface area contributed by atoms with Crippen LogP contribution in [0.5, 0.6) is 0 Å². The Morgan fingerprint density at radius 2 is 1.79 bits per heavy atom. The Bertz CT molecular complexity index is 585. The Hall–Kier alpha value is -1.84. The number of piperidine rings is 1. The van der Waals surface area contributed by atoms with E-state index in [0.717, 1.165) is 42.5 Å². The lowest BCUT2D eigenvalue weighted by atomic mass is 9.93. The highest BCUT2D eigenvalue weighted by molar-refractivity contribution is 5.93. The third kappa shape index (κ3) is 4.37. The molecule has 0 unspecified atom stereocenters. The second-order valence-electron chi connectivity index (χ2n) is 6.92. The number of amides is 2. The third-order valence-corrected chi connectivity index (χ3v) is 5.16. The number of nitrogens with one attached hydrogen (secondary N) is 1. The number of hydrogen-bond acceptors (Lipinski definition) is 2. The number of carbonyl (C=O) groups is 2. The van der Waals surface area contributed by atoms with E-state index < -0.39 is 0 Å². The second-order valence-corrected chi connectivity index (χ2v) is 6.92. The fourth-order valence-corrected chi connectivity index (χ4v) is 3.36. The summed E-state index contributed by atoms with van der Waals surface area (Å²) in [7, 11) is 0. The van der Waals surface area contributed by atoms with Gasteiger partial charge >= 0.3 is 0 Å². The molecule has 2 amide bonds. The van der Waals surface area contributed by atoms with Crippen molar-refractivity contribution in [3.63, 3.8) is 0 Å².